The van der Waals surface area contributed by atoms with Gasteiger partial charge in [0.2, 0.25) is 0 Å². The van der Waals surface area contributed by atoms with Crippen LogP contribution in [-0.4, -0.2) is 4.40 Å². The molecule has 0 fully saturated rings. The second kappa shape index (κ2) is 5.99. The second-order valence-electron chi connectivity index (χ2n) is 9.27. The molecule has 0 bridgehead atoms. The monoisotopic (exact) mass is 429 g/mol. The van der Waals surface area contributed by atoms with Crippen molar-refractivity contribution in [1.29, 1.82) is 0 Å². The molecule has 0 amide bonds. The number of pyridine rings is 2. The number of para-hydroxylation sites is 3. The molecule has 33 heavy (non-hydrogen) atoms. The highest BCUT2D eigenvalue weighted by atomic mass is 16.5. The largest absolute Gasteiger partial charge is 0.457 e. The molecule has 0 spiro atoms. The molecule has 6 aromatic rings. The fraction of sp³-hybridized carbons (Fsp3) is 0.103. The third-order valence-corrected chi connectivity index (χ3v) is 7.16. The van der Waals surface area contributed by atoms with Gasteiger partial charge in [-0.25, -0.2) is 0 Å². The summed E-state index contributed by atoms with van der Waals surface area (Å²) >= 11 is 0. The van der Waals surface area contributed by atoms with Crippen molar-refractivity contribution in [3.05, 3.63) is 110 Å². The molecule has 4 nitrogen and oxygen atoms in total. The minimum Gasteiger partial charge on any atom is -0.457 e. The number of aromatic nitrogens is 1. The Balaban J connectivity index is 1.80. The molecule has 0 atom stereocenters. The summed E-state index contributed by atoms with van der Waals surface area (Å²) in [7, 11) is 0. The fourth-order valence-electron chi connectivity index (χ4n) is 5.68. The van der Waals surface area contributed by atoms with Gasteiger partial charge in [-0.1, -0.05) is 50.2 Å². The van der Waals surface area contributed by atoms with Crippen LogP contribution in [0.15, 0.2) is 88.5 Å². The van der Waals surface area contributed by atoms with Crippen LogP contribution in [-0.2, 0) is 5.41 Å². The molecule has 0 saturated heterocycles. The van der Waals surface area contributed by atoms with Crippen LogP contribution < -0.4 is 15.6 Å². The zero-order chi connectivity index (χ0) is 22.5. The fourth-order valence-corrected chi connectivity index (χ4v) is 5.68. The third-order valence-electron chi connectivity index (χ3n) is 7.16. The van der Waals surface area contributed by atoms with Crippen LogP contribution in [0.1, 0.15) is 25.0 Å². The molecular weight excluding hydrogens is 410 g/mol. The van der Waals surface area contributed by atoms with Gasteiger partial charge in [0, 0.05) is 32.7 Å². The summed E-state index contributed by atoms with van der Waals surface area (Å²) in [6, 6.07) is 24.9. The predicted molar refractivity (Wildman–Crippen MR) is 132 cm³/mol. The number of ether oxygens (including phenoxy) is 1. The van der Waals surface area contributed by atoms with Gasteiger partial charge in [-0.15, -0.1) is 0 Å². The Labute approximate surface area is 188 Å². The summed E-state index contributed by atoms with van der Waals surface area (Å²) in [5, 5.41) is 2.39. The van der Waals surface area contributed by atoms with Crippen LogP contribution in [0.25, 0.3) is 38.1 Å². The highest BCUT2D eigenvalue weighted by Gasteiger charge is 2.37. The molecular formula is C29H19NO3. The van der Waals surface area contributed by atoms with E-state index >= 15 is 0 Å². The van der Waals surface area contributed by atoms with E-state index in [0.717, 1.165) is 27.9 Å². The van der Waals surface area contributed by atoms with Crippen LogP contribution in [0.5, 0.6) is 11.5 Å². The third kappa shape index (κ3) is 2.15. The van der Waals surface area contributed by atoms with Crippen molar-refractivity contribution in [1.82, 2.24) is 4.40 Å². The van der Waals surface area contributed by atoms with Gasteiger partial charge >= 0.3 is 0 Å². The molecule has 4 heteroatoms. The lowest BCUT2D eigenvalue weighted by molar-refractivity contribution is 0.420. The van der Waals surface area contributed by atoms with Crippen molar-refractivity contribution in [2.45, 2.75) is 19.3 Å². The van der Waals surface area contributed by atoms with E-state index < -0.39 is 5.41 Å². The van der Waals surface area contributed by atoms with Gasteiger partial charge in [-0.2, -0.15) is 0 Å². The number of nitrogens with zero attached hydrogens (tertiary/aromatic N) is 1. The van der Waals surface area contributed by atoms with E-state index in [1.165, 1.54) is 0 Å². The highest BCUT2D eigenvalue weighted by Crippen LogP contribution is 2.50. The Bertz CT molecular complexity index is 1910. The van der Waals surface area contributed by atoms with E-state index in [-0.39, 0.29) is 10.9 Å². The zero-order valence-corrected chi connectivity index (χ0v) is 18.2. The zero-order valence-electron chi connectivity index (χ0n) is 18.2. The molecule has 2 aromatic heterocycles. The molecule has 0 unspecified atom stereocenters. The molecule has 4 aromatic carbocycles. The number of rotatable bonds is 0. The first-order valence-electron chi connectivity index (χ1n) is 11.0. The normalized spacial score (nSPS) is 14.5. The Morgan fingerprint density at radius 2 is 1.36 bits per heavy atom. The average Bonchev–Trinajstić information content (AvgIpc) is 2.83. The van der Waals surface area contributed by atoms with E-state index in [0.29, 0.717) is 32.8 Å². The van der Waals surface area contributed by atoms with Crippen LogP contribution >= 0.6 is 0 Å². The maximum absolute atomic E-state index is 14.0. The number of benzene rings is 4. The number of fused-ring (bicyclic) bond motifs is 7. The minimum absolute atomic E-state index is 0.0505. The second-order valence-corrected chi connectivity index (χ2v) is 9.27. The summed E-state index contributed by atoms with van der Waals surface area (Å²) in [5.74, 6) is 1.52. The lowest BCUT2D eigenvalue weighted by Crippen LogP contribution is -2.27. The Hall–Kier alpha value is -4.18. The molecule has 3 heterocycles. The van der Waals surface area contributed by atoms with E-state index in [4.69, 9.17) is 4.74 Å². The first kappa shape index (κ1) is 18.4. The van der Waals surface area contributed by atoms with Crippen LogP contribution in [0, 0.1) is 0 Å². The standard InChI is InChI=1S/C29H19NO3/c1-29(2)19-11-4-6-13-22(19)33-23-15-14-21-24(25(23)29)28(32)18-10-7-9-17-26(18)30(21)20-12-5-3-8-16(20)27(17)31/h3-15H,1-2H3. The van der Waals surface area contributed by atoms with E-state index in [2.05, 4.69) is 24.3 Å². The molecule has 1 aliphatic rings. The van der Waals surface area contributed by atoms with E-state index in [1.54, 1.807) is 6.07 Å². The number of hydrogen-bond donors (Lipinski definition) is 0. The van der Waals surface area contributed by atoms with Crippen molar-refractivity contribution in [3.63, 3.8) is 0 Å². The SMILES string of the molecule is CC1(C)c2ccccc2Oc2ccc3c(c21)c(=O)c1cccc2c(=O)c4ccccc4n3c21. The van der Waals surface area contributed by atoms with Crippen LogP contribution in [0.4, 0.5) is 0 Å². The summed E-state index contributed by atoms with van der Waals surface area (Å²) in [6.45, 7) is 4.28. The molecule has 7 rings (SSSR count). The molecule has 158 valence electrons. The molecule has 0 saturated carbocycles. The van der Waals surface area contributed by atoms with Crippen molar-refractivity contribution in [2.24, 2.45) is 0 Å². The van der Waals surface area contributed by atoms with Crippen molar-refractivity contribution in [2.75, 3.05) is 0 Å². The summed E-state index contributed by atoms with van der Waals surface area (Å²) < 4.78 is 8.36. The van der Waals surface area contributed by atoms with E-state index in [1.807, 2.05) is 66.7 Å². The lowest BCUT2D eigenvalue weighted by atomic mass is 9.74. The van der Waals surface area contributed by atoms with Gasteiger partial charge in [0.25, 0.3) is 0 Å². The van der Waals surface area contributed by atoms with Gasteiger partial charge in [0.1, 0.15) is 11.5 Å². The number of hydrogen-bond acceptors (Lipinski definition) is 3. The topological polar surface area (TPSA) is 47.8 Å². The van der Waals surface area contributed by atoms with Gasteiger partial charge in [-0.05, 0) is 42.5 Å². The summed E-state index contributed by atoms with van der Waals surface area (Å²) in [4.78, 5) is 27.3. The quantitative estimate of drug-likeness (QED) is 0.220. The first-order valence-corrected chi connectivity index (χ1v) is 11.0. The van der Waals surface area contributed by atoms with E-state index in [9.17, 15) is 9.59 Å². The smallest absolute Gasteiger partial charge is 0.197 e. The van der Waals surface area contributed by atoms with Crippen molar-refractivity contribution < 1.29 is 4.74 Å². The van der Waals surface area contributed by atoms with Crippen molar-refractivity contribution >= 4 is 38.1 Å². The minimum atomic E-state index is -0.439. The Morgan fingerprint density at radius 1 is 0.667 bits per heavy atom. The van der Waals surface area contributed by atoms with Crippen LogP contribution in [0.2, 0.25) is 0 Å². The average molecular weight is 429 g/mol. The maximum Gasteiger partial charge on any atom is 0.197 e. The Morgan fingerprint density at radius 3 is 2.21 bits per heavy atom. The first-order chi connectivity index (χ1) is 16.0. The van der Waals surface area contributed by atoms with Gasteiger partial charge in [0.15, 0.2) is 10.9 Å². The summed E-state index contributed by atoms with van der Waals surface area (Å²) in [6.07, 6.45) is 0. The Kier molecular flexibility index (Phi) is 3.34. The van der Waals surface area contributed by atoms with Gasteiger partial charge in [-0.3, -0.25) is 9.59 Å². The maximum atomic E-state index is 14.0. The molecule has 0 aliphatic carbocycles. The summed E-state index contributed by atoms with van der Waals surface area (Å²) in [5.41, 5.74) is 3.63. The van der Waals surface area contributed by atoms with Crippen molar-refractivity contribution in [3.8, 4) is 11.5 Å². The molecule has 1 aliphatic heterocycles. The van der Waals surface area contributed by atoms with Gasteiger partial charge in [0.05, 0.1) is 21.9 Å². The molecule has 0 radical (unpaired) electrons. The highest BCUT2D eigenvalue weighted by molar-refractivity contribution is 6.08. The van der Waals surface area contributed by atoms with Crippen LogP contribution in [0.3, 0.4) is 0 Å². The predicted octanol–water partition coefficient (Wildman–Crippen LogP) is 5.99. The lowest BCUT2D eigenvalue weighted by Gasteiger charge is -2.35. The van der Waals surface area contributed by atoms with Gasteiger partial charge < -0.3 is 9.14 Å². The molecule has 0 N–H and O–H groups in total.